The van der Waals surface area contributed by atoms with E-state index in [1.807, 2.05) is 6.07 Å². The van der Waals surface area contributed by atoms with Gasteiger partial charge in [-0.25, -0.2) is 4.79 Å². The van der Waals surface area contributed by atoms with Gasteiger partial charge in [-0.1, -0.05) is 24.4 Å². The summed E-state index contributed by atoms with van der Waals surface area (Å²) >= 11 is 6.40. The zero-order valence-electron chi connectivity index (χ0n) is 18.4. The van der Waals surface area contributed by atoms with Crippen LogP contribution < -0.4 is 10.1 Å². The minimum atomic E-state index is -0.956. The number of nitrogens with zero attached hydrogens (tertiary/aromatic N) is 1. The Hall–Kier alpha value is -2.77. The fourth-order valence-corrected chi connectivity index (χ4v) is 4.02. The fraction of sp³-hybridized carbons (Fsp3) is 0.417. The molecule has 3 rings (SSSR count). The smallest absolute Gasteiger partial charge is 0.397 e. The molecule has 0 saturated carbocycles. The number of anilines is 1. The fourth-order valence-electron chi connectivity index (χ4n) is 3.72. The summed E-state index contributed by atoms with van der Waals surface area (Å²) in [6.07, 6.45) is 4.84. The van der Waals surface area contributed by atoms with E-state index in [0.717, 1.165) is 18.7 Å². The van der Waals surface area contributed by atoms with Crippen LogP contribution in [0.4, 0.5) is 5.69 Å². The summed E-state index contributed by atoms with van der Waals surface area (Å²) in [4.78, 5) is 25.8. The van der Waals surface area contributed by atoms with E-state index in [0.29, 0.717) is 29.3 Å². The number of phenols is 1. The first-order valence-electron chi connectivity index (χ1n) is 10.9. The predicted octanol–water partition coefficient (Wildman–Crippen LogP) is 5.02. The normalized spacial score (nSPS) is 14.5. The van der Waals surface area contributed by atoms with Gasteiger partial charge in [0.25, 0.3) is 0 Å². The van der Waals surface area contributed by atoms with Crippen LogP contribution in [-0.4, -0.2) is 41.6 Å². The molecule has 2 N–H and O–H groups in total. The van der Waals surface area contributed by atoms with Crippen molar-refractivity contribution in [3.8, 4) is 17.2 Å². The van der Waals surface area contributed by atoms with Crippen molar-refractivity contribution < 1.29 is 24.2 Å². The van der Waals surface area contributed by atoms with Crippen LogP contribution in [0.1, 0.15) is 43.7 Å². The molecule has 0 radical (unpaired) electrons. The van der Waals surface area contributed by atoms with Crippen molar-refractivity contribution in [2.75, 3.05) is 25.0 Å². The number of benzene rings is 2. The van der Waals surface area contributed by atoms with Gasteiger partial charge in [0, 0.05) is 17.8 Å². The summed E-state index contributed by atoms with van der Waals surface area (Å²) in [6.45, 7) is 6.24. The molecule has 0 aliphatic carbocycles. The van der Waals surface area contributed by atoms with Crippen molar-refractivity contribution in [3.05, 3.63) is 46.5 Å². The molecule has 172 valence electrons. The van der Waals surface area contributed by atoms with Crippen molar-refractivity contribution in [3.63, 3.8) is 0 Å². The summed E-state index contributed by atoms with van der Waals surface area (Å²) in [6, 6.07) is 8.32. The lowest BCUT2D eigenvalue weighted by Crippen LogP contribution is -2.25. The number of nitrogens with one attached hydrogen (secondary N) is 1. The minimum absolute atomic E-state index is 0.116. The second-order valence-corrected chi connectivity index (χ2v) is 8.27. The van der Waals surface area contributed by atoms with Crippen LogP contribution in [0.25, 0.3) is 0 Å². The van der Waals surface area contributed by atoms with Crippen molar-refractivity contribution in [1.82, 2.24) is 4.90 Å². The monoisotopic (exact) mass is 460 g/mol. The number of likely N-dealkylation sites (tertiary alicyclic amines) is 1. The topological polar surface area (TPSA) is 88.1 Å². The standard InChI is InChI=1S/C24H29ClN2O5/c1-3-31-24(30)23(29)26-18-12-16(2)22(20(25)14-18)32-19-8-9-21(28)17(13-19)15-27-10-6-4-5-7-11-27/h8-9,12-14,28H,3-7,10-11,15H2,1-2H3,(H,26,29). The maximum Gasteiger partial charge on any atom is 0.397 e. The zero-order valence-corrected chi connectivity index (χ0v) is 19.2. The predicted molar refractivity (Wildman–Crippen MR) is 123 cm³/mol. The van der Waals surface area contributed by atoms with E-state index >= 15 is 0 Å². The molecule has 0 spiro atoms. The van der Waals surface area contributed by atoms with Crippen LogP contribution in [-0.2, 0) is 20.9 Å². The van der Waals surface area contributed by atoms with Gasteiger partial charge in [-0.05, 0) is 75.7 Å². The molecule has 32 heavy (non-hydrogen) atoms. The van der Waals surface area contributed by atoms with Crippen molar-refractivity contribution >= 4 is 29.2 Å². The third-order valence-electron chi connectivity index (χ3n) is 5.31. The Morgan fingerprint density at radius 3 is 2.50 bits per heavy atom. The molecule has 1 fully saturated rings. The average molecular weight is 461 g/mol. The Morgan fingerprint density at radius 2 is 1.84 bits per heavy atom. The number of aryl methyl sites for hydroxylation is 1. The number of esters is 1. The number of aromatic hydroxyl groups is 1. The van der Waals surface area contributed by atoms with Crippen LogP contribution in [0.15, 0.2) is 30.3 Å². The van der Waals surface area contributed by atoms with Crippen LogP contribution >= 0.6 is 11.6 Å². The molecule has 0 aromatic heterocycles. The summed E-state index contributed by atoms with van der Waals surface area (Å²) < 4.78 is 10.7. The Bertz CT molecular complexity index is 948. The van der Waals surface area contributed by atoms with Crippen molar-refractivity contribution in [2.24, 2.45) is 0 Å². The van der Waals surface area contributed by atoms with Gasteiger partial charge >= 0.3 is 11.9 Å². The number of rotatable bonds is 6. The quantitative estimate of drug-likeness (QED) is 0.464. The number of hydrogen-bond acceptors (Lipinski definition) is 6. The highest BCUT2D eigenvalue weighted by Crippen LogP contribution is 2.37. The summed E-state index contributed by atoms with van der Waals surface area (Å²) in [7, 11) is 0. The van der Waals surface area contributed by atoms with Crippen molar-refractivity contribution in [2.45, 2.75) is 46.1 Å². The van der Waals surface area contributed by atoms with E-state index in [1.165, 1.54) is 31.7 Å². The molecule has 2 aromatic carbocycles. The number of carbonyl (C=O) groups excluding carboxylic acids is 2. The van der Waals surface area contributed by atoms with Gasteiger partial charge in [-0.15, -0.1) is 0 Å². The maximum absolute atomic E-state index is 11.9. The molecule has 1 amide bonds. The number of ether oxygens (including phenoxy) is 2. The second-order valence-electron chi connectivity index (χ2n) is 7.86. The molecule has 2 aromatic rings. The minimum Gasteiger partial charge on any atom is -0.508 e. The van der Waals surface area contributed by atoms with Gasteiger partial charge in [0.2, 0.25) is 0 Å². The maximum atomic E-state index is 11.9. The molecule has 0 atom stereocenters. The van der Waals surface area contributed by atoms with Gasteiger partial charge in [0.15, 0.2) is 0 Å². The van der Waals surface area contributed by atoms with E-state index < -0.39 is 11.9 Å². The van der Waals surface area contributed by atoms with E-state index in [4.69, 9.17) is 16.3 Å². The van der Waals surface area contributed by atoms with E-state index in [2.05, 4.69) is 15.0 Å². The molecule has 1 heterocycles. The Balaban J connectivity index is 1.73. The zero-order chi connectivity index (χ0) is 23.1. The van der Waals surface area contributed by atoms with Crippen LogP contribution in [0, 0.1) is 6.92 Å². The Kier molecular flexibility index (Phi) is 8.36. The van der Waals surface area contributed by atoms with E-state index in [-0.39, 0.29) is 17.4 Å². The van der Waals surface area contributed by atoms with E-state index in [1.54, 1.807) is 32.0 Å². The van der Waals surface area contributed by atoms with Gasteiger partial charge in [0.1, 0.15) is 17.2 Å². The lowest BCUT2D eigenvalue weighted by molar-refractivity contribution is -0.152. The third-order valence-corrected chi connectivity index (χ3v) is 5.59. The van der Waals surface area contributed by atoms with Gasteiger partial charge in [0.05, 0.1) is 11.6 Å². The summed E-state index contributed by atoms with van der Waals surface area (Å²) in [5.41, 5.74) is 1.85. The third kappa shape index (κ3) is 6.37. The summed E-state index contributed by atoms with van der Waals surface area (Å²) in [5.74, 6) is -0.593. The first-order chi connectivity index (χ1) is 15.4. The molecule has 0 unspecified atom stereocenters. The molecule has 1 saturated heterocycles. The van der Waals surface area contributed by atoms with Crippen LogP contribution in [0.2, 0.25) is 5.02 Å². The lowest BCUT2D eigenvalue weighted by Gasteiger charge is -2.21. The number of hydrogen-bond donors (Lipinski definition) is 2. The molecule has 1 aliphatic rings. The molecule has 1 aliphatic heterocycles. The van der Waals surface area contributed by atoms with E-state index in [9.17, 15) is 14.7 Å². The largest absolute Gasteiger partial charge is 0.508 e. The molecular formula is C24H29ClN2O5. The highest BCUT2D eigenvalue weighted by atomic mass is 35.5. The van der Waals surface area contributed by atoms with Crippen molar-refractivity contribution in [1.29, 1.82) is 0 Å². The number of amides is 1. The molecule has 8 heteroatoms. The highest BCUT2D eigenvalue weighted by molar-refractivity contribution is 6.37. The average Bonchev–Trinajstić information content (AvgIpc) is 3.02. The van der Waals surface area contributed by atoms with Gasteiger partial charge in [-0.3, -0.25) is 9.69 Å². The number of phenolic OH excluding ortho intramolecular Hbond substituents is 1. The van der Waals surface area contributed by atoms with Crippen LogP contribution in [0.5, 0.6) is 17.2 Å². The highest BCUT2D eigenvalue weighted by Gasteiger charge is 2.18. The van der Waals surface area contributed by atoms with Crippen LogP contribution in [0.3, 0.4) is 0 Å². The Morgan fingerprint density at radius 1 is 1.12 bits per heavy atom. The lowest BCUT2D eigenvalue weighted by atomic mass is 10.1. The molecular weight excluding hydrogens is 432 g/mol. The first-order valence-corrected chi connectivity index (χ1v) is 11.3. The first kappa shape index (κ1) is 23.9. The van der Waals surface area contributed by atoms with Gasteiger partial charge < -0.3 is 19.9 Å². The number of carbonyl (C=O) groups is 2. The second kappa shape index (κ2) is 11.2. The molecule has 7 nitrogen and oxygen atoms in total. The SMILES string of the molecule is CCOC(=O)C(=O)Nc1cc(C)c(Oc2ccc(O)c(CN3CCCCCC3)c2)c(Cl)c1. The summed E-state index contributed by atoms with van der Waals surface area (Å²) in [5, 5.41) is 13.1. The molecule has 0 bridgehead atoms. The Labute approximate surface area is 193 Å². The van der Waals surface area contributed by atoms with Gasteiger partial charge in [-0.2, -0.15) is 0 Å². The number of halogens is 1.